The van der Waals surface area contributed by atoms with Crippen LogP contribution < -0.4 is 9.47 Å². The number of aliphatic hydroxyl groups is 4. The molecule has 1 fully saturated rings. The zero-order valence-corrected chi connectivity index (χ0v) is 16.9. The van der Waals surface area contributed by atoms with Crippen LogP contribution in [0.25, 0.3) is 0 Å². The number of phenols is 1. The fourth-order valence-corrected chi connectivity index (χ4v) is 3.89. The van der Waals surface area contributed by atoms with Gasteiger partial charge in [0.15, 0.2) is 0 Å². The van der Waals surface area contributed by atoms with Crippen molar-refractivity contribution in [3.05, 3.63) is 53.6 Å². The van der Waals surface area contributed by atoms with E-state index in [1.165, 1.54) is 0 Å². The maximum absolute atomic E-state index is 10.2. The quantitative estimate of drug-likeness (QED) is 0.462. The minimum absolute atomic E-state index is 0.165. The highest BCUT2D eigenvalue weighted by Crippen LogP contribution is 2.44. The molecule has 9 heteroatoms. The first-order valence-electron chi connectivity index (χ1n) is 10.0. The van der Waals surface area contributed by atoms with E-state index < -0.39 is 37.3 Å². The zero-order valence-electron chi connectivity index (χ0n) is 16.9. The number of phenolic OH excluding ortho intramolecular Hbond substituents is 1. The topological polar surface area (TPSA) is 138 Å². The normalized spacial score (nSPS) is 32.7. The van der Waals surface area contributed by atoms with Crippen LogP contribution in [0.3, 0.4) is 0 Å². The molecule has 7 unspecified atom stereocenters. The molecule has 0 amide bonds. The Morgan fingerprint density at radius 3 is 2.42 bits per heavy atom. The van der Waals surface area contributed by atoms with E-state index in [0.29, 0.717) is 17.9 Å². The average molecular weight is 434 g/mol. The van der Waals surface area contributed by atoms with Gasteiger partial charge in [-0.05, 0) is 29.8 Å². The minimum atomic E-state index is -1.53. The molecule has 1 saturated heterocycles. The summed E-state index contributed by atoms with van der Waals surface area (Å²) in [6.07, 6.45) is -6.78. The van der Waals surface area contributed by atoms with E-state index in [4.69, 9.17) is 18.9 Å². The molecule has 5 N–H and O–H groups in total. The van der Waals surface area contributed by atoms with Gasteiger partial charge in [0.1, 0.15) is 47.8 Å². The van der Waals surface area contributed by atoms with Crippen molar-refractivity contribution < 1.29 is 44.5 Å². The molecule has 0 bridgehead atoms. The summed E-state index contributed by atoms with van der Waals surface area (Å²) in [5.74, 6) is 1.00. The largest absolute Gasteiger partial charge is 0.508 e. The van der Waals surface area contributed by atoms with Crippen molar-refractivity contribution in [3.63, 3.8) is 0 Å². The van der Waals surface area contributed by atoms with Gasteiger partial charge in [-0.25, -0.2) is 0 Å². The number of fused-ring (bicyclic) bond motifs is 1. The van der Waals surface area contributed by atoms with Crippen molar-refractivity contribution in [2.45, 2.75) is 49.3 Å². The number of hydrogen-bond acceptors (Lipinski definition) is 9. The minimum Gasteiger partial charge on any atom is -0.508 e. The molecular weight excluding hydrogens is 408 g/mol. The molecule has 2 aliphatic heterocycles. The number of rotatable bonds is 5. The van der Waals surface area contributed by atoms with Crippen LogP contribution in [0.2, 0.25) is 0 Å². The van der Waals surface area contributed by atoms with Crippen molar-refractivity contribution in [3.8, 4) is 17.2 Å². The predicted octanol–water partition coefficient (Wildman–Crippen LogP) is 0.782. The lowest BCUT2D eigenvalue weighted by Crippen LogP contribution is -2.60. The number of hydrogen-bond donors (Lipinski definition) is 5. The maximum atomic E-state index is 10.2. The van der Waals surface area contributed by atoms with Crippen molar-refractivity contribution in [1.82, 2.24) is 0 Å². The molecule has 0 spiro atoms. The second-order valence-corrected chi connectivity index (χ2v) is 7.67. The summed E-state index contributed by atoms with van der Waals surface area (Å²) < 4.78 is 22.9. The maximum Gasteiger partial charge on any atom is 0.229 e. The molecule has 0 aliphatic carbocycles. The summed E-state index contributed by atoms with van der Waals surface area (Å²) in [7, 11) is 1.62. The summed E-state index contributed by atoms with van der Waals surface area (Å²) in [5.41, 5.74) is 1.71. The van der Waals surface area contributed by atoms with Gasteiger partial charge in [-0.1, -0.05) is 12.1 Å². The molecule has 0 saturated carbocycles. The van der Waals surface area contributed by atoms with Crippen LogP contribution in [0.1, 0.15) is 29.8 Å². The van der Waals surface area contributed by atoms with E-state index in [1.807, 2.05) is 0 Å². The molecule has 2 aromatic carbocycles. The molecule has 2 heterocycles. The molecule has 0 aromatic heterocycles. The third-order valence-corrected chi connectivity index (χ3v) is 5.68. The van der Waals surface area contributed by atoms with Crippen LogP contribution in [-0.4, -0.2) is 70.0 Å². The molecule has 168 valence electrons. The first kappa shape index (κ1) is 21.8. The highest BCUT2D eigenvalue weighted by molar-refractivity contribution is 5.44. The fraction of sp³-hybridized carbons (Fsp3) is 0.455. The summed E-state index contributed by atoms with van der Waals surface area (Å²) >= 11 is 0. The van der Waals surface area contributed by atoms with E-state index in [2.05, 4.69) is 0 Å². The second kappa shape index (κ2) is 8.99. The first-order chi connectivity index (χ1) is 14.9. The van der Waals surface area contributed by atoms with Crippen LogP contribution in [0, 0.1) is 0 Å². The second-order valence-electron chi connectivity index (χ2n) is 7.67. The van der Waals surface area contributed by atoms with Gasteiger partial charge < -0.3 is 44.5 Å². The zero-order chi connectivity index (χ0) is 22.1. The lowest BCUT2D eigenvalue weighted by Gasteiger charge is -2.39. The Kier molecular flexibility index (Phi) is 6.33. The fourth-order valence-electron chi connectivity index (χ4n) is 3.89. The van der Waals surface area contributed by atoms with Crippen LogP contribution >= 0.6 is 0 Å². The van der Waals surface area contributed by atoms with E-state index in [1.54, 1.807) is 49.6 Å². The average Bonchev–Trinajstić information content (AvgIpc) is 2.79. The first-order valence-corrected chi connectivity index (χ1v) is 10.0. The Labute approximate surface area is 179 Å². The third kappa shape index (κ3) is 4.33. The van der Waals surface area contributed by atoms with Gasteiger partial charge in [-0.15, -0.1) is 0 Å². The molecule has 9 nitrogen and oxygen atoms in total. The molecule has 0 radical (unpaired) electrons. The highest BCUT2D eigenvalue weighted by Gasteiger charge is 2.44. The van der Waals surface area contributed by atoms with Gasteiger partial charge in [0.25, 0.3) is 0 Å². The van der Waals surface area contributed by atoms with Crippen LogP contribution in [0.5, 0.6) is 17.2 Å². The van der Waals surface area contributed by atoms with Gasteiger partial charge in [-0.3, -0.25) is 0 Å². The summed E-state index contributed by atoms with van der Waals surface area (Å²) in [6.45, 7) is -0.540. The van der Waals surface area contributed by atoms with Crippen LogP contribution in [-0.2, 0) is 9.47 Å². The monoisotopic (exact) mass is 434 g/mol. The van der Waals surface area contributed by atoms with Crippen molar-refractivity contribution in [2.24, 2.45) is 0 Å². The van der Waals surface area contributed by atoms with Crippen molar-refractivity contribution in [1.29, 1.82) is 0 Å². The summed E-state index contributed by atoms with van der Waals surface area (Å²) in [4.78, 5) is 0. The Balaban J connectivity index is 1.56. The Morgan fingerprint density at radius 1 is 1.00 bits per heavy atom. The predicted molar refractivity (Wildman–Crippen MR) is 107 cm³/mol. The summed E-state index contributed by atoms with van der Waals surface area (Å²) in [5, 5.41) is 48.9. The van der Waals surface area contributed by atoms with Gasteiger partial charge in [0, 0.05) is 25.2 Å². The molecule has 2 aliphatic rings. The van der Waals surface area contributed by atoms with E-state index in [-0.39, 0.29) is 18.0 Å². The van der Waals surface area contributed by atoms with Gasteiger partial charge in [0.2, 0.25) is 6.29 Å². The molecule has 31 heavy (non-hydrogen) atoms. The Morgan fingerprint density at radius 2 is 1.74 bits per heavy atom. The van der Waals surface area contributed by atoms with E-state index >= 15 is 0 Å². The standard InChI is InChI=1S/C22H26O9/c1-28-16-9-15(11-2-4-12(24)5-3-11)30-17-8-13(6-7-14(16)17)29-22-21(27)20(26)19(25)18(10-23)31-22/h2-8,15-16,18-27H,9-10H2,1H3. The van der Waals surface area contributed by atoms with Crippen LogP contribution in [0.15, 0.2) is 42.5 Å². The lowest BCUT2D eigenvalue weighted by atomic mass is 9.94. The van der Waals surface area contributed by atoms with E-state index in [0.717, 1.165) is 11.1 Å². The SMILES string of the molecule is COC1CC(c2ccc(O)cc2)Oc2cc(OC3OC(CO)C(O)C(O)C3O)ccc21. The highest BCUT2D eigenvalue weighted by atomic mass is 16.7. The number of ether oxygens (including phenoxy) is 4. The summed E-state index contributed by atoms with van der Waals surface area (Å²) in [6, 6.07) is 11.8. The Bertz CT molecular complexity index is 885. The van der Waals surface area contributed by atoms with Crippen LogP contribution in [0.4, 0.5) is 0 Å². The van der Waals surface area contributed by atoms with E-state index in [9.17, 15) is 25.5 Å². The molecule has 2 aromatic rings. The molecule has 7 atom stereocenters. The number of benzene rings is 2. The number of methoxy groups -OCH3 is 1. The van der Waals surface area contributed by atoms with Crippen molar-refractivity contribution >= 4 is 0 Å². The van der Waals surface area contributed by atoms with Gasteiger partial charge in [-0.2, -0.15) is 0 Å². The third-order valence-electron chi connectivity index (χ3n) is 5.68. The Hall–Kier alpha value is -2.40. The van der Waals surface area contributed by atoms with Gasteiger partial charge in [0.05, 0.1) is 12.7 Å². The smallest absolute Gasteiger partial charge is 0.229 e. The lowest BCUT2D eigenvalue weighted by molar-refractivity contribution is -0.277. The van der Waals surface area contributed by atoms with Gasteiger partial charge >= 0.3 is 0 Å². The van der Waals surface area contributed by atoms with Crippen molar-refractivity contribution in [2.75, 3.05) is 13.7 Å². The number of aliphatic hydroxyl groups excluding tert-OH is 4. The number of aromatic hydroxyl groups is 1. The molecule has 4 rings (SSSR count). The molecular formula is C22H26O9.